The smallest absolute Gasteiger partial charge is 0.339 e. The third kappa shape index (κ3) is 3.30. The molecule has 0 spiro atoms. The molecular weight excluding hydrogens is 345 g/mol. The highest BCUT2D eigenvalue weighted by Crippen LogP contribution is 2.29. The molecule has 2 aromatic rings. The topological polar surface area (TPSA) is 63.7 Å². The van der Waals surface area contributed by atoms with Crippen molar-refractivity contribution in [3.05, 3.63) is 58.9 Å². The van der Waals surface area contributed by atoms with Crippen molar-refractivity contribution in [3.8, 4) is 0 Å². The van der Waals surface area contributed by atoms with Crippen LogP contribution < -0.4 is 4.31 Å². The van der Waals surface area contributed by atoms with Gasteiger partial charge in [0.05, 0.1) is 23.4 Å². The van der Waals surface area contributed by atoms with E-state index in [0.29, 0.717) is 5.69 Å². The lowest BCUT2D eigenvalue weighted by atomic mass is 10.2. The van der Waals surface area contributed by atoms with Gasteiger partial charge in [-0.2, -0.15) is 0 Å². The molecule has 0 aliphatic heterocycles. The van der Waals surface area contributed by atoms with E-state index in [1.165, 1.54) is 7.05 Å². The van der Waals surface area contributed by atoms with E-state index in [1.807, 2.05) is 0 Å². The molecule has 0 bridgehead atoms. The van der Waals surface area contributed by atoms with E-state index in [0.717, 1.165) is 23.5 Å². The van der Waals surface area contributed by atoms with Gasteiger partial charge in [-0.15, -0.1) is 0 Å². The Morgan fingerprint density at radius 3 is 2.39 bits per heavy atom. The average Bonchev–Trinajstić information content (AvgIpc) is 2.56. The predicted molar refractivity (Wildman–Crippen MR) is 84.8 cm³/mol. The molecule has 2 aromatic carbocycles. The van der Waals surface area contributed by atoms with Crippen LogP contribution in [-0.4, -0.2) is 28.5 Å². The van der Waals surface area contributed by atoms with Crippen LogP contribution in [0.1, 0.15) is 10.4 Å². The summed E-state index contributed by atoms with van der Waals surface area (Å²) in [5.41, 5.74) is -0.0408. The summed E-state index contributed by atoms with van der Waals surface area (Å²) < 4.78 is 44.7. The molecule has 0 heterocycles. The third-order valence-corrected chi connectivity index (χ3v) is 5.30. The number of methoxy groups -OCH3 is 1. The van der Waals surface area contributed by atoms with E-state index < -0.39 is 37.3 Å². The second kappa shape index (κ2) is 6.55. The van der Waals surface area contributed by atoms with Gasteiger partial charge >= 0.3 is 5.97 Å². The number of esters is 1. The van der Waals surface area contributed by atoms with Crippen molar-refractivity contribution < 1.29 is 22.3 Å². The SMILES string of the molecule is COC(=O)c1cc(F)c(Cl)cc1S(=O)(=O)N(C)c1ccccc1. The van der Waals surface area contributed by atoms with E-state index in [-0.39, 0.29) is 0 Å². The fourth-order valence-electron chi connectivity index (χ4n) is 1.94. The zero-order valence-electron chi connectivity index (χ0n) is 12.3. The van der Waals surface area contributed by atoms with E-state index in [2.05, 4.69) is 4.74 Å². The molecule has 0 aromatic heterocycles. The minimum absolute atomic E-state index is 0.378. The summed E-state index contributed by atoms with van der Waals surface area (Å²) in [6, 6.07) is 9.89. The van der Waals surface area contributed by atoms with Gasteiger partial charge in [0.2, 0.25) is 0 Å². The van der Waals surface area contributed by atoms with Crippen molar-refractivity contribution in [3.63, 3.8) is 0 Å². The Hall–Kier alpha value is -2.12. The lowest BCUT2D eigenvalue weighted by Gasteiger charge is -2.21. The third-order valence-electron chi connectivity index (χ3n) is 3.19. The Labute approximate surface area is 138 Å². The minimum Gasteiger partial charge on any atom is -0.465 e. The van der Waals surface area contributed by atoms with Crippen LogP contribution in [0.3, 0.4) is 0 Å². The van der Waals surface area contributed by atoms with Crippen molar-refractivity contribution in [2.24, 2.45) is 0 Å². The highest BCUT2D eigenvalue weighted by molar-refractivity contribution is 7.92. The van der Waals surface area contributed by atoms with Crippen molar-refractivity contribution in [2.75, 3.05) is 18.5 Å². The summed E-state index contributed by atoms with van der Waals surface area (Å²) >= 11 is 5.68. The Morgan fingerprint density at radius 2 is 1.83 bits per heavy atom. The van der Waals surface area contributed by atoms with Crippen LogP contribution in [0, 0.1) is 5.82 Å². The number of rotatable bonds is 4. The summed E-state index contributed by atoms with van der Waals surface area (Å²) in [5.74, 6) is -1.88. The predicted octanol–water partition coefficient (Wildman–Crippen LogP) is 3.09. The molecule has 0 unspecified atom stereocenters. The maximum Gasteiger partial charge on any atom is 0.339 e. The molecule has 0 fully saturated rings. The molecule has 0 aliphatic carbocycles. The fourth-order valence-corrected chi connectivity index (χ4v) is 3.55. The van der Waals surface area contributed by atoms with E-state index in [1.54, 1.807) is 30.3 Å². The van der Waals surface area contributed by atoms with Crippen LogP contribution in [0.15, 0.2) is 47.4 Å². The van der Waals surface area contributed by atoms with Crippen LogP contribution >= 0.6 is 11.6 Å². The summed E-state index contributed by atoms with van der Waals surface area (Å²) in [4.78, 5) is 11.4. The van der Waals surface area contributed by atoms with Crippen LogP contribution in [0.4, 0.5) is 10.1 Å². The number of carbonyl (C=O) groups excluding carboxylic acids is 1. The van der Waals surface area contributed by atoms with E-state index >= 15 is 0 Å². The molecule has 122 valence electrons. The van der Waals surface area contributed by atoms with Gasteiger partial charge < -0.3 is 4.74 Å². The number of nitrogens with zero attached hydrogens (tertiary/aromatic N) is 1. The molecule has 8 heteroatoms. The maximum atomic E-state index is 13.6. The van der Waals surface area contributed by atoms with E-state index in [4.69, 9.17) is 11.6 Å². The normalized spacial score (nSPS) is 11.1. The summed E-state index contributed by atoms with van der Waals surface area (Å²) in [6.45, 7) is 0. The van der Waals surface area contributed by atoms with Gasteiger partial charge in [0.1, 0.15) is 10.7 Å². The molecule has 0 N–H and O–H groups in total. The van der Waals surface area contributed by atoms with Gasteiger partial charge in [-0.3, -0.25) is 4.31 Å². The number of hydrogen-bond donors (Lipinski definition) is 0. The number of para-hydroxylation sites is 1. The average molecular weight is 358 g/mol. The molecule has 0 radical (unpaired) electrons. The Balaban J connectivity index is 2.64. The first kappa shape index (κ1) is 17.2. The second-order valence-corrected chi connectivity index (χ2v) is 6.91. The van der Waals surface area contributed by atoms with Gasteiger partial charge in [0.15, 0.2) is 0 Å². The number of anilines is 1. The monoisotopic (exact) mass is 357 g/mol. The lowest BCUT2D eigenvalue weighted by Crippen LogP contribution is -2.28. The maximum absolute atomic E-state index is 13.6. The van der Waals surface area contributed by atoms with Crippen LogP contribution in [-0.2, 0) is 14.8 Å². The van der Waals surface area contributed by atoms with Gasteiger partial charge in [-0.1, -0.05) is 29.8 Å². The molecule has 0 atom stereocenters. The molecule has 2 rings (SSSR count). The standard InChI is InChI=1S/C15H13ClFNO4S/c1-18(10-6-4-3-5-7-10)23(20,21)14-9-12(16)13(17)8-11(14)15(19)22-2/h3-9H,1-2H3. The summed E-state index contributed by atoms with van der Waals surface area (Å²) in [6.07, 6.45) is 0. The summed E-state index contributed by atoms with van der Waals surface area (Å²) in [5, 5.41) is -0.405. The molecule has 23 heavy (non-hydrogen) atoms. The van der Waals surface area contributed by atoms with Crippen molar-refractivity contribution in [1.29, 1.82) is 0 Å². The van der Waals surface area contributed by atoms with Crippen LogP contribution in [0.25, 0.3) is 0 Å². The zero-order valence-corrected chi connectivity index (χ0v) is 13.9. The Morgan fingerprint density at radius 1 is 1.22 bits per heavy atom. The first-order valence-electron chi connectivity index (χ1n) is 6.40. The lowest BCUT2D eigenvalue weighted by molar-refractivity contribution is 0.0595. The minimum atomic E-state index is -4.14. The number of benzene rings is 2. The summed E-state index contributed by atoms with van der Waals surface area (Å²) in [7, 11) is -1.74. The fraction of sp³-hybridized carbons (Fsp3) is 0.133. The number of carbonyl (C=O) groups is 1. The second-order valence-electron chi connectivity index (χ2n) is 4.56. The van der Waals surface area contributed by atoms with Crippen molar-refractivity contribution in [2.45, 2.75) is 4.90 Å². The van der Waals surface area contributed by atoms with Gasteiger partial charge in [-0.25, -0.2) is 17.6 Å². The largest absolute Gasteiger partial charge is 0.465 e. The molecule has 0 saturated carbocycles. The van der Waals surface area contributed by atoms with Crippen LogP contribution in [0.2, 0.25) is 5.02 Å². The Bertz CT molecular complexity index is 840. The number of hydrogen-bond acceptors (Lipinski definition) is 4. The van der Waals surface area contributed by atoms with E-state index in [9.17, 15) is 17.6 Å². The first-order chi connectivity index (χ1) is 10.8. The van der Waals surface area contributed by atoms with Gasteiger partial charge in [0, 0.05) is 7.05 Å². The van der Waals surface area contributed by atoms with Crippen LogP contribution in [0.5, 0.6) is 0 Å². The quantitative estimate of drug-likeness (QED) is 0.789. The van der Waals surface area contributed by atoms with Gasteiger partial charge in [-0.05, 0) is 24.3 Å². The molecular formula is C15H13ClFNO4S. The zero-order chi connectivity index (χ0) is 17.2. The highest BCUT2D eigenvalue weighted by Gasteiger charge is 2.29. The highest BCUT2D eigenvalue weighted by atomic mass is 35.5. The number of sulfonamides is 1. The van der Waals surface area contributed by atoms with Gasteiger partial charge in [0.25, 0.3) is 10.0 Å². The molecule has 0 amide bonds. The Kier molecular flexibility index (Phi) is 4.91. The number of ether oxygens (including phenoxy) is 1. The molecule has 5 nitrogen and oxygen atoms in total. The first-order valence-corrected chi connectivity index (χ1v) is 8.22. The van der Waals surface area contributed by atoms with Crippen molar-refractivity contribution >= 4 is 33.3 Å². The van der Waals surface area contributed by atoms with Crippen molar-refractivity contribution in [1.82, 2.24) is 0 Å². The molecule has 0 saturated heterocycles. The molecule has 0 aliphatic rings. The number of halogens is 2.